The maximum absolute atomic E-state index is 11.3. The van der Waals surface area contributed by atoms with E-state index < -0.39 is 9.84 Å². The van der Waals surface area contributed by atoms with Gasteiger partial charge in [0.1, 0.15) is 0 Å². The number of unbranched alkanes of at least 4 members (excludes halogenated alkanes) is 3. The van der Waals surface area contributed by atoms with E-state index in [-0.39, 0.29) is 0 Å². The molecular weight excluding hydrogens is 234 g/mol. The normalized spacial score (nSPS) is 11.4. The second-order valence-corrected chi connectivity index (χ2v) is 6.30. The van der Waals surface area contributed by atoms with Crippen LogP contribution in [-0.4, -0.2) is 21.2 Å². The van der Waals surface area contributed by atoms with Crippen LogP contribution in [0.15, 0.2) is 29.2 Å². The number of rotatable bonds is 7. The molecule has 96 valence electrons. The molecule has 0 radical (unpaired) electrons. The van der Waals surface area contributed by atoms with Crippen LogP contribution in [0.1, 0.15) is 32.6 Å². The summed E-state index contributed by atoms with van der Waals surface area (Å²) in [6, 6.07) is 6.92. The van der Waals surface area contributed by atoms with Gasteiger partial charge in [-0.05, 0) is 30.7 Å². The Morgan fingerprint density at radius 2 is 1.71 bits per heavy atom. The van der Waals surface area contributed by atoms with Gasteiger partial charge in [0.2, 0.25) is 0 Å². The van der Waals surface area contributed by atoms with Crippen molar-refractivity contribution in [2.24, 2.45) is 0 Å². The molecule has 1 aromatic carbocycles. The molecule has 0 saturated carbocycles. The van der Waals surface area contributed by atoms with Crippen LogP contribution < -0.4 is 5.32 Å². The second-order valence-electron chi connectivity index (χ2n) is 4.28. The molecule has 0 spiro atoms. The quantitative estimate of drug-likeness (QED) is 0.762. The molecule has 0 fully saturated rings. The maximum Gasteiger partial charge on any atom is 0.175 e. The van der Waals surface area contributed by atoms with E-state index in [1.165, 1.54) is 25.5 Å². The maximum atomic E-state index is 11.3. The van der Waals surface area contributed by atoms with Gasteiger partial charge in [-0.1, -0.05) is 26.2 Å². The molecule has 0 saturated heterocycles. The number of benzene rings is 1. The first-order chi connectivity index (χ1) is 8.04. The third-order valence-corrected chi connectivity index (χ3v) is 3.77. The molecule has 0 aliphatic heterocycles. The predicted octanol–water partition coefficient (Wildman–Crippen LogP) is 3.08. The molecule has 0 unspecified atom stereocenters. The van der Waals surface area contributed by atoms with Crippen LogP contribution in [-0.2, 0) is 9.84 Å². The summed E-state index contributed by atoms with van der Waals surface area (Å²) in [5.74, 6) is 0. The van der Waals surface area contributed by atoms with Crippen LogP contribution in [0.4, 0.5) is 5.69 Å². The van der Waals surface area contributed by atoms with Gasteiger partial charge < -0.3 is 5.32 Å². The van der Waals surface area contributed by atoms with Gasteiger partial charge in [-0.2, -0.15) is 0 Å². The van der Waals surface area contributed by atoms with Gasteiger partial charge in [-0.25, -0.2) is 8.42 Å². The average molecular weight is 255 g/mol. The van der Waals surface area contributed by atoms with E-state index in [1.807, 2.05) is 12.1 Å². The SMILES string of the molecule is CCCCCCNc1ccc(S(C)(=O)=O)cc1. The summed E-state index contributed by atoms with van der Waals surface area (Å²) in [5.41, 5.74) is 0.980. The van der Waals surface area contributed by atoms with Crippen molar-refractivity contribution in [3.05, 3.63) is 24.3 Å². The Balaban J connectivity index is 2.41. The third-order valence-electron chi connectivity index (χ3n) is 2.64. The first kappa shape index (κ1) is 14.0. The Morgan fingerprint density at radius 3 is 2.24 bits per heavy atom. The fourth-order valence-corrected chi connectivity index (χ4v) is 2.23. The molecule has 0 aromatic heterocycles. The molecule has 1 aromatic rings. The van der Waals surface area contributed by atoms with Crippen molar-refractivity contribution in [1.29, 1.82) is 0 Å². The smallest absolute Gasteiger partial charge is 0.175 e. The van der Waals surface area contributed by atoms with Gasteiger partial charge in [-0.3, -0.25) is 0 Å². The minimum atomic E-state index is -3.08. The van der Waals surface area contributed by atoms with Gasteiger partial charge >= 0.3 is 0 Å². The van der Waals surface area contributed by atoms with Crippen molar-refractivity contribution in [3.8, 4) is 0 Å². The topological polar surface area (TPSA) is 46.2 Å². The zero-order chi connectivity index (χ0) is 12.7. The van der Waals surface area contributed by atoms with Crippen LogP contribution >= 0.6 is 0 Å². The summed E-state index contributed by atoms with van der Waals surface area (Å²) in [5, 5.41) is 3.29. The van der Waals surface area contributed by atoms with Crippen molar-refractivity contribution in [2.45, 2.75) is 37.5 Å². The van der Waals surface area contributed by atoms with Crippen LogP contribution in [0, 0.1) is 0 Å². The van der Waals surface area contributed by atoms with E-state index in [4.69, 9.17) is 0 Å². The Morgan fingerprint density at radius 1 is 1.06 bits per heavy atom. The predicted molar refractivity (Wildman–Crippen MR) is 72.2 cm³/mol. The van der Waals surface area contributed by atoms with Gasteiger partial charge in [0.15, 0.2) is 9.84 Å². The summed E-state index contributed by atoms with van der Waals surface area (Å²) in [7, 11) is -3.08. The molecular formula is C13H21NO2S. The average Bonchev–Trinajstić information content (AvgIpc) is 2.28. The highest BCUT2D eigenvalue weighted by molar-refractivity contribution is 7.90. The fraction of sp³-hybridized carbons (Fsp3) is 0.538. The Bertz CT molecular complexity index is 423. The molecule has 1 rings (SSSR count). The van der Waals surface area contributed by atoms with Crippen molar-refractivity contribution in [2.75, 3.05) is 18.1 Å². The monoisotopic (exact) mass is 255 g/mol. The van der Waals surface area contributed by atoms with E-state index in [0.717, 1.165) is 18.7 Å². The molecule has 17 heavy (non-hydrogen) atoms. The van der Waals surface area contributed by atoms with E-state index in [0.29, 0.717) is 4.90 Å². The molecule has 4 heteroatoms. The Labute approximate surface area is 104 Å². The van der Waals surface area contributed by atoms with Crippen LogP contribution in [0.3, 0.4) is 0 Å². The summed E-state index contributed by atoms with van der Waals surface area (Å²) in [6.07, 6.45) is 6.13. The highest BCUT2D eigenvalue weighted by Crippen LogP contribution is 2.13. The van der Waals surface area contributed by atoms with Crippen molar-refractivity contribution in [1.82, 2.24) is 0 Å². The Kier molecular flexibility index (Phi) is 5.48. The molecule has 0 aliphatic carbocycles. The van der Waals surface area contributed by atoms with E-state index in [1.54, 1.807) is 12.1 Å². The summed E-state index contributed by atoms with van der Waals surface area (Å²) >= 11 is 0. The van der Waals surface area contributed by atoms with Crippen LogP contribution in [0.5, 0.6) is 0 Å². The number of nitrogens with one attached hydrogen (secondary N) is 1. The molecule has 0 atom stereocenters. The first-order valence-corrected chi connectivity index (χ1v) is 7.97. The lowest BCUT2D eigenvalue weighted by atomic mass is 10.2. The van der Waals surface area contributed by atoms with Crippen molar-refractivity contribution < 1.29 is 8.42 Å². The molecule has 0 bridgehead atoms. The highest BCUT2D eigenvalue weighted by atomic mass is 32.2. The summed E-state index contributed by atoms with van der Waals surface area (Å²) in [6.45, 7) is 3.13. The first-order valence-electron chi connectivity index (χ1n) is 6.08. The van der Waals surface area contributed by atoms with Crippen LogP contribution in [0.25, 0.3) is 0 Å². The number of sulfone groups is 1. The summed E-state index contributed by atoms with van der Waals surface area (Å²) in [4.78, 5) is 0.369. The van der Waals surface area contributed by atoms with Gasteiger partial charge in [0.05, 0.1) is 4.90 Å². The minimum Gasteiger partial charge on any atom is -0.385 e. The fourth-order valence-electron chi connectivity index (χ4n) is 1.60. The Hall–Kier alpha value is -1.03. The van der Waals surface area contributed by atoms with Crippen molar-refractivity contribution >= 4 is 15.5 Å². The van der Waals surface area contributed by atoms with Gasteiger partial charge in [-0.15, -0.1) is 0 Å². The molecule has 0 heterocycles. The highest BCUT2D eigenvalue weighted by Gasteiger charge is 2.05. The zero-order valence-corrected chi connectivity index (χ0v) is 11.4. The zero-order valence-electron chi connectivity index (χ0n) is 10.6. The second kappa shape index (κ2) is 6.64. The molecule has 0 amide bonds. The minimum absolute atomic E-state index is 0.369. The molecule has 3 nitrogen and oxygen atoms in total. The number of hydrogen-bond acceptors (Lipinski definition) is 3. The summed E-state index contributed by atoms with van der Waals surface area (Å²) < 4.78 is 22.5. The molecule has 1 N–H and O–H groups in total. The standard InChI is InChI=1S/C13H21NO2S/c1-3-4-5-6-11-14-12-7-9-13(10-8-12)17(2,15)16/h7-10,14H,3-6,11H2,1-2H3. The molecule has 0 aliphatic rings. The van der Waals surface area contributed by atoms with E-state index >= 15 is 0 Å². The van der Waals surface area contributed by atoms with E-state index in [9.17, 15) is 8.42 Å². The lowest BCUT2D eigenvalue weighted by Gasteiger charge is -2.06. The largest absolute Gasteiger partial charge is 0.385 e. The van der Waals surface area contributed by atoms with Gasteiger partial charge in [0.25, 0.3) is 0 Å². The lowest BCUT2D eigenvalue weighted by Crippen LogP contribution is -2.02. The van der Waals surface area contributed by atoms with Crippen LogP contribution in [0.2, 0.25) is 0 Å². The lowest BCUT2D eigenvalue weighted by molar-refractivity contribution is 0.602. The van der Waals surface area contributed by atoms with Gasteiger partial charge in [0, 0.05) is 18.5 Å². The number of hydrogen-bond donors (Lipinski definition) is 1. The van der Waals surface area contributed by atoms with E-state index in [2.05, 4.69) is 12.2 Å². The third kappa shape index (κ3) is 5.22. The van der Waals surface area contributed by atoms with Crippen molar-refractivity contribution in [3.63, 3.8) is 0 Å². The number of anilines is 1.